The first-order valence-corrected chi connectivity index (χ1v) is 6.60. The van der Waals surface area contributed by atoms with Crippen LogP contribution < -0.4 is 0 Å². The van der Waals surface area contributed by atoms with E-state index in [4.69, 9.17) is 0 Å². The van der Waals surface area contributed by atoms with Gasteiger partial charge in [0.2, 0.25) is 0 Å². The predicted octanol–water partition coefficient (Wildman–Crippen LogP) is 2.13. The molecule has 1 heterocycles. The van der Waals surface area contributed by atoms with Gasteiger partial charge in [-0.1, -0.05) is 36.3 Å². The minimum atomic E-state index is -0.725. The molecule has 0 bridgehead atoms. The van der Waals surface area contributed by atoms with E-state index in [0.29, 0.717) is 12.8 Å². The summed E-state index contributed by atoms with van der Waals surface area (Å²) in [7, 11) is 0. The van der Waals surface area contributed by atoms with E-state index in [-0.39, 0.29) is 0 Å². The first kappa shape index (κ1) is 13.6. The molecule has 1 aliphatic heterocycles. The number of carbonyl (C=O) groups is 1. The fourth-order valence-corrected chi connectivity index (χ4v) is 2.67. The molecular weight excluding hydrogens is 238 g/mol. The van der Waals surface area contributed by atoms with E-state index in [1.165, 1.54) is 0 Å². The van der Waals surface area contributed by atoms with Crippen LogP contribution in [0.4, 0.5) is 0 Å². The van der Waals surface area contributed by atoms with Crippen molar-refractivity contribution in [3.63, 3.8) is 0 Å². The van der Waals surface area contributed by atoms with Gasteiger partial charge >= 0.3 is 5.97 Å². The van der Waals surface area contributed by atoms with Gasteiger partial charge in [0.25, 0.3) is 0 Å². The summed E-state index contributed by atoms with van der Waals surface area (Å²) in [5.41, 5.74) is 0.195. The highest BCUT2D eigenvalue weighted by Gasteiger charge is 2.42. The van der Waals surface area contributed by atoms with Crippen LogP contribution in [-0.4, -0.2) is 35.6 Å². The van der Waals surface area contributed by atoms with Gasteiger partial charge in [-0.15, -0.1) is 5.92 Å². The van der Waals surface area contributed by atoms with Gasteiger partial charge in [0.1, 0.15) is 0 Å². The van der Waals surface area contributed by atoms with Gasteiger partial charge in [-0.05, 0) is 25.3 Å². The highest BCUT2D eigenvalue weighted by molar-refractivity contribution is 5.81. The summed E-state index contributed by atoms with van der Waals surface area (Å²) in [5, 5.41) is 9.66. The lowest BCUT2D eigenvalue weighted by Crippen LogP contribution is -2.47. The molecule has 1 aromatic carbocycles. The smallest absolute Gasteiger partial charge is 0.314 e. The summed E-state index contributed by atoms with van der Waals surface area (Å²) in [4.78, 5) is 14.0. The van der Waals surface area contributed by atoms with Crippen LogP contribution >= 0.6 is 0 Å². The van der Waals surface area contributed by atoms with Crippen molar-refractivity contribution in [2.24, 2.45) is 0 Å². The van der Waals surface area contributed by atoms with E-state index < -0.39 is 11.4 Å². The Balaban J connectivity index is 2.16. The summed E-state index contributed by atoms with van der Waals surface area (Å²) >= 11 is 0. The average Bonchev–Trinajstić information content (AvgIpc) is 2.46. The third kappa shape index (κ3) is 2.80. The Bertz CT molecular complexity index is 490. The molecule has 0 aromatic heterocycles. The van der Waals surface area contributed by atoms with Gasteiger partial charge in [0.05, 0.1) is 12.0 Å². The van der Waals surface area contributed by atoms with Gasteiger partial charge in [0.15, 0.2) is 0 Å². The van der Waals surface area contributed by atoms with Crippen LogP contribution in [0, 0.1) is 11.8 Å². The highest BCUT2D eigenvalue weighted by Crippen LogP contribution is 2.35. The van der Waals surface area contributed by atoms with Crippen molar-refractivity contribution in [1.29, 1.82) is 0 Å². The van der Waals surface area contributed by atoms with Crippen molar-refractivity contribution >= 4 is 5.97 Å². The summed E-state index contributed by atoms with van der Waals surface area (Å²) in [6.07, 6.45) is 1.30. The van der Waals surface area contributed by atoms with Gasteiger partial charge in [-0.3, -0.25) is 9.69 Å². The molecule has 100 valence electrons. The number of carboxylic acids is 1. The van der Waals surface area contributed by atoms with Crippen molar-refractivity contribution in [2.75, 3.05) is 19.6 Å². The molecule has 0 radical (unpaired) electrons. The second-order valence-electron chi connectivity index (χ2n) is 4.96. The Morgan fingerprint density at radius 2 is 1.95 bits per heavy atom. The fraction of sp³-hybridized carbons (Fsp3) is 0.438. The van der Waals surface area contributed by atoms with Gasteiger partial charge < -0.3 is 5.11 Å². The fourth-order valence-electron chi connectivity index (χ4n) is 2.67. The molecular formula is C16H19NO2. The zero-order chi connectivity index (χ0) is 13.7. The zero-order valence-electron chi connectivity index (χ0n) is 11.2. The van der Waals surface area contributed by atoms with E-state index in [9.17, 15) is 9.90 Å². The number of carboxylic acid groups (broad SMARTS) is 1. The minimum Gasteiger partial charge on any atom is -0.481 e. The third-order valence-corrected chi connectivity index (χ3v) is 3.92. The quantitative estimate of drug-likeness (QED) is 0.843. The van der Waals surface area contributed by atoms with E-state index in [1.54, 1.807) is 0 Å². The van der Waals surface area contributed by atoms with Crippen LogP contribution in [0.15, 0.2) is 30.3 Å². The lowest BCUT2D eigenvalue weighted by molar-refractivity contribution is -0.145. The molecule has 1 fully saturated rings. The van der Waals surface area contributed by atoms with Crippen LogP contribution in [0.1, 0.15) is 25.3 Å². The number of rotatable bonds is 3. The first-order chi connectivity index (χ1) is 9.19. The summed E-state index contributed by atoms with van der Waals surface area (Å²) in [6.45, 7) is 4.14. The second-order valence-corrected chi connectivity index (χ2v) is 4.96. The maximum atomic E-state index is 11.8. The highest BCUT2D eigenvalue weighted by atomic mass is 16.4. The number of hydrogen-bond acceptors (Lipinski definition) is 2. The molecule has 3 heteroatoms. The molecule has 0 aliphatic carbocycles. The molecule has 0 spiro atoms. The number of nitrogens with zero attached hydrogens (tertiary/aromatic N) is 1. The van der Waals surface area contributed by atoms with Crippen molar-refractivity contribution in [3.8, 4) is 11.8 Å². The largest absolute Gasteiger partial charge is 0.481 e. The lowest BCUT2D eigenvalue weighted by Gasteiger charge is -2.38. The first-order valence-electron chi connectivity index (χ1n) is 6.60. The molecule has 0 amide bonds. The Morgan fingerprint density at radius 3 is 2.47 bits per heavy atom. The standard InChI is InChI=1S/C16H19NO2/c1-2-3-11-17-12-9-16(10-13-17,15(18)19)14-7-5-4-6-8-14/h4-8H,9-13H2,1H3,(H,18,19). The summed E-state index contributed by atoms with van der Waals surface area (Å²) in [6, 6.07) is 9.60. The summed E-state index contributed by atoms with van der Waals surface area (Å²) in [5.74, 6) is 5.22. The van der Waals surface area contributed by atoms with Crippen LogP contribution in [0.5, 0.6) is 0 Å². The maximum absolute atomic E-state index is 11.8. The summed E-state index contributed by atoms with van der Waals surface area (Å²) < 4.78 is 0. The molecule has 1 aromatic rings. The molecule has 3 nitrogen and oxygen atoms in total. The predicted molar refractivity (Wildman–Crippen MR) is 74.9 cm³/mol. The molecule has 1 N–H and O–H groups in total. The maximum Gasteiger partial charge on any atom is 0.314 e. The van der Waals surface area contributed by atoms with Crippen LogP contribution in [-0.2, 0) is 10.2 Å². The minimum absolute atomic E-state index is 0.651. The molecule has 1 aliphatic rings. The van der Waals surface area contributed by atoms with Gasteiger partial charge in [-0.2, -0.15) is 0 Å². The monoisotopic (exact) mass is 257 g/mol. The van der Waals surface area contributed by atoms with Crippen molar-refractivity contribution in [3.05, 3.63) is 35.9 Å². The molecule has 1 saturated heterocycles. The zero-order valence-corrected chi connectivity index (χ0v) is 11.2. The average molecular weight is 257 g/mol. The molecule has 0 atom stereocenters. The van der Waals surface area contributed by atoms with Crippen LogP contribution in [0.2, 0.25) is 0 Å². The normalized spacial score (nSPS) is 18.4. The Morgan fingerprint density at radius 1 is 1.32 bits per heavy atom. The number of aliphatic carboxylic acids is 1. The Hall–Kier alpha value is -1.79. The van der Waals surface area contributed by atoms with E-state index in [1.807, 2.05) is 37.3 Å². The van der Waals surface area contributed by atoms with Crippen LogP contribution in [0.25, 0.3) is 0 Å². The van der Waals surface area contributed by atoms with Crippen molar-refractivity contribution in [2.45, 2.75) is 25.2 Å². The molecule has 19 heavy (non-hydrogen) atoms. The number of piperidine rings is 1. The Labute approximate surface area is 114 Å². The SMILES string of the molecule is CC#CCN1CCC(C(=O)O)(c2ccccc2)CC1. The van der Waals surface area contributed by atoms with E-state index >= 15 is 0 Å². The molecule has 0 saturated carbocycles. The van der Waals surface area contributed by atoms with Crippen LogP contribution in [0.3, 0.4) is 0 Å². The Kier molecular flexibility index (Phi) is 4.24. The van der Waals surface area contributed by atoms with Crippen molar-refractivity contribution in [1.82, 2.24) is 4.90 Å². The van der Waals surface area contributed by atoms with E-state index in [0.717, 1.165) is 25.2 Å². The van der Waals surface area contributed by atoms with Crippen molar-refractivity contribution < 1.29 is 9.90 Å². The second kappa shape index (κ2) is 5.90. The number of hydrogen-bond donors (Lipinski definition) is 1. The van der Waals surface area contributed by atoms with Gasteiger partial charge in [0, 0.05) is 13.1 Å². The van der Waals surface area contributed by atoms with Gasteiger partial charge in [-0.25, -0.2) is 0 Å². The number of benzene rings is 1. The molecule has 0 unspecified atom stereocenters. The third-order valence-electron chi connectivity index (χ3n) is 3.92. The van der Waals surface area contributed by atoms with E-state index in [2.05, 4.69) is 16.7 Å². The number of likely N-dealkylation sites (tertiary alicyclic amines) is 1. The topological polar surface area (TPSA) is 40.5 Å². The molecule has 2 rings (SSSR count). The lowest BCUT2D eigenvalue weighted by atomic mass is 9.73.